The van der Waals surface area contributed by atoms with Gasteiger partial charge >= 0.3 is 0 Å². The number of likely N-dealkylation sites (N-methyl/N-ethyl adjacent to an activating group) is 2. The summed E-state index contributed by atoms with van der Waals surface area (Å²) in [4.78, 5) is 0. The van der Waals surface area contributed by atoms with E-state index in [-0.39, 0.29) is 21.7 Å². The van der Waals surface area contributed by atoms with Crippen molar-refractivity contribution in [1.82, 2.24) is 0 Å². The number of benzene rings is 16. The first-order chi connectivity index (χ1) is 42.4. The van der Waals surface area contributed by atoms with Crippen LogP contribution >= 0.6 is 0 Å². The summed E-state index contributed by atoms with van der Waals surface area (Å²) in [6, 6.07) is 0. The van der Waals surface area contributed by atoms with Crippen molar-refractivity contribution in [3.8, 4) is 0 Å². The minimum Gasteiger partial charge on any atom is -0.378 e. The number of hydrogen-bond acceptors (Lipinski definition) is 6. The van der Waals surface area contributed by atoms with Crippen molar-refractivity contribution in [2.24, 2.45) is 11.5 Å². The lowest BCUT2D eigenvalue weighted by molar-refractivity contribution is -0.900. The molecule has 2 heterocycles. The SMILES string of the molecule is C[N+]1(CCOCCOCCN)CC23c4c5c6c7c8c9c%10c%11c%12c%13c%14c%15c(c6c6c4c4c%16c%17c%18c(c%19c%20c2c5c8c2c%20c5c%19c8c%18c%18c%19c%17c%17c4c6c%15c4c%14c6c%12c%12c%14c%11c(c92)c5c%14c8c%18c%12c6c%19c4%17)C%163C1)C71C[N+](C)(CCOCCOCCN)CC%10%131. The minimum atomic E-state index is -0.250. The van der Waals surface area contributed by atoms with Crippen molar-refractivity contribution in [3.63, 3.8) is 0 Å². The molecular weight excluding hydrogens is 1060 g/mol. The molecule has 24 aromatic carbocycles. The maximum absolute atomic E-state index is 6.73. The standard InChI is InChI=1S/C78H42N4O4/c1-81(5-9-85-13-11-83-7-3-79)15-75-67-51-39-27-19-20-24-21-25-33-41(29(21)27)53(51)69(75)59-47(33)38-46-36(25)44-32(24)40-28(20)30-22-23(19)31(39)43-35-26(22)34-42(30)54-52(40)68-56(44)58(46)72-64-49(38)61(59)73-65-63-50-37(45(35)57(55(43)67)71(63)77(73,75)17-81)48(34)60-62(50)74(66(64)65)78(72)18-82(2,16-76(68,78)70(54)60)6-10-86-14-12-84-8-4-80/h3-18,79-80H2,1-2H3/q+2. The van der Waals surface area contributed by atoms with Gasteiger partial charge in [-0.1, -0.05) is 0 Å². The molecule has 8 aliphatic carbocycles. The van der Waals surface area contributed by atoms with E-state index in [1.165, 1.54) is 0 Å². The van der Waals surface area contributed by atoms with Crippen molar-refractivity contribution in [1.29, 1.82) is 0 Å². The molecule has 0 amide bonds. The van der Waals surface area contributed by atoms with Gasteiger partial charge in [-0.05, 0) is 303 Å². The molecule has 6 atom stereocenters. The van der Waals surface area contributed by atoms with Gasteiger partial charge in [-0.15, -0.1) is 0 Å². The average molecular weight is 1100 g/mol. The van der Waals surface area contributed by atoms with Crippen LogP contribution in [0.2, 0.25) is 0 Å². The van der Waals surface area contributed by atoms with Gasteiger partial charge < -0.3 is 39.4 Å². The van der Waals surface area contributed by atoms with E-state index in [9.17, 15) is 0 Å². The third-order valence-electron chi connectivity index (χ3n) is 30.2. The Morgan fingerprint density at radius 2 is 0.360 bits per heavy atom. The Balaban J connectivity index is 0.902. The third kappa shape index (κ3) is 2.43. The van der Waals surface area contributed by atoms with E-state index >= 15 is 0 Å². The number of nitrogens with zero attached hydrogens (tertiary/aromatic N) is 2. The van der Waals surface area contributed by atoms with Gasteiger partial charge in [-0.2, -0.15) is 0 Å². The second-order valence-electron chi connectivity index (χ2n) is 32.0. The maximum atomic E-state index is 6.73. The first-order valence-electron chi connectivity index (χ1n) is 32.8. The molecule has 24 aromatic rings. The first kappa shape index (κ1) is 38.5. The van der Waals surface area contributed by atoms with Crippen molar-refractivity contribution in [3.05, 3.63) is 44.5 Å². The second kappa shape index (κ2) is 9.65. The van der Waals surface area contributed by atoms with Crippen LogP contribution < -0.4 is 11.5 Å². The second-order valence-corrected chi connectivity index (χ2v) is 32.0. The van der Waals surface area contributed by atoms with Crippen LogP contribution in [0.3, 0.4) is 0 Å². The zero-order valence-electron chi connectivity index (χ0n) is 47.0. The molecule has 86 heavy (non-hydrogen) atoms. The Labute approximate surface area is 480 Å². The fourth-order valence-corrected chi connectivity index (χ4v) is 29.9. The highest BCUT2D eigenvalue weighted by Crippen LogP contribution is 2.88. The van der Waals surface area contributed by atoms with Crippen molar-refractivity contribution in [2.75, 3.05) is 119 Å². The van der Waals surface area contributed by atoms with Crippen molar-refractivity contribution in [2.45, 2.75) is 21.7 Å². The Bertz CT molecular complexity index is 7200. The molecule has 8 heteroatoms. The summed E-state index contributed by atoms with van der Waals surface area (Å²) in [6.45, 7) is 12.5. The molecule has 0 radical (unpaired) electrons. The first-order valence-corrected chi connectivity index (χ1v) is 32.8. The number of quaternary nitrogens is 2. The van der Waals surface area contributed by atoms with Gasteiger partial charge in [0.15, 0.2) is 0 Å². The smallest absolute Gasteiger partial charge is 0.102 e. The van der Waals surface area contributed by atoms with Crippen LogP contribution in [0.1, 0.15) is 44.5 Å². The number of hydrogen-bond donors (Lipinski definition) is 2. The Morgan fingerprint density at radius 3 is 0.535 bits per heavy atom. The Morgan fingerprint density at radius 1 is 0.221 bits per heavy atom. The summed E-state index contributed by atoms with van der Waals surface area (Å²) >= 11 is 0. The van der Waals surface area contributed by atoms with E-state index in [4.69, 9.17) is 30.4 Å². The fraction of sp³-hybridized carbons (Fsp3) is 0.282. The zero-order valence-corrected chi connectivity index (χ0v) is 47.0. The van der Waals surface area contributed by atoms with Crippen LogP contribution in [-0.4, -0.2) is 128 Å². The normalized spacial score (nSPS) is 28.6. The van der Waals surface area contributed by atoms with E-state index in [0.717, 1.165) is 61.4 Å². The highest BCUT2D eigenvalue weighted by Gasteiger charge is 2.80. The lowest BCUT2D eigenvalue weighted by Crippen LogP contribution is -2.51. The number of ether oxygens (including phenoxy) is 4. The third-order valence-corrected chi connectivity index (χ3v) is 30.2. The van der Waals surface area contributed by atoms with E-state index in [1.807, 2.05) is 0 Å². The Kier molecular flexibility index (Phi) is 4.32. The largest absolute Gasteiger partial charge is 0.378 e. The number of nitrogens with two attached hydrogens (primary N) is 2. The van der Waals surface area contributed by atoms with Gasteiger partial charge in [0.05, 0.1) is 115 Å². The van der Waals surface area contributed by atoms with Gasteiger partial charge in [-0.25, -0.2) is 0 Å². The van der Waals surface area contributed by atoms with Crippen LogP contribution in [0, 0.1) is 0 Å². The lowest BCUT2D eigenvalue weighted by Gasteiger charge is -2.47. The summed E-state index contributed by atoms with van der Waals surface area (Å²) in [7, 11) is 5.40. The molecule has 8 nitrogen and oxygen atoms in total. The van der Waals surface area contributed by atoms with Gasteiger partial charge in [-0.3, -0.25) is 0 Å². The predicted octanol–water partition coefficient (Wildman–Crippen LogP) is 13.8. The predicted molar refractivity (Wildman–Crippen MR) is 350 cm³/mol. The van der Waals surface area contributed by atoms with Crippen LogP contribution in [0.15, 0.2) is 0 Å². The van der Waals surface area contributed by atoms with E-state index in [1.54, 1.807) is 303 Å². The molecule has 0 bridgehead atoms. The summed E-state index contributed by atoms with van der Waals surface area (Å²) in [5.41, 5.74) is 25.1. The van der Waals surface area contributed by atoms with E-state index < -0.39 is 0 Å². The van der Waals surface area contributed by atoms with Crippen LogP contribution in [0.25, 0.3) is 259 Å². The molecule has 2 fully saturated rings. The van der Waals surface area contributed by atoms with Crippen molar-refractivity contribution < 1.29 is 27.9 Å². The molecule has 10 aliphatic rings. The minimum absolute atomic E-state index is 0.243. The molecule has 0 aromatic heterocycles. The summed E-state index contributed by atoms with van der Waals surface area (Å²) in [6.07, 6.45) is 0. The molecule has 396 valence electrons. The summed E-state index contributed by atoms with van der Waals surface area (Å²) in [5.74, 6) is 0. The quantitative estimate of drug-likeness (QED) is 0.0569. The monoisotopic (exact) mass is 1100 g/mol. The lowest BCUT2D eigenvalue weighted by atomic mass is 9.50. The highest BCUT2D eigenvalue weighted by molar-refractivity contribution is 6.78. The molecule has 2 saturated heterocycles. The molecule has 0 saturated carbocycles. The molecule has 34 rings (SSSR count). The van der Waals surface area contributed by atoms with Crippen LogP contribution in [-0.2, 0) is 40.6 Å². The highest BCUT2D eigenvalue weighted by atomic mass is 16.5. The van der Waals surface area contributed by atoms with Gasteiger partial charge in [0.25, 0.3) is 0 Å². The van der Waals surface area contributed by atoms with Gasteiger partial charge in [0.1, 0.15) is 13.1 Å². The molecule has 6 unspecified atom stereocenters. The summed E-state index contributed by atoms with van der Waals surface area (Å²) < 4.78 is 27.3. The number of rotatable bonds is 16. The summed E-state index contributed by atoms with van der Waals surface area (Å²) in [5, 5.41) is 81.0. The fourth-order valence-electron chi connectivity index (χ4n) is 29.9. The van der Waals surface area contributed by atoms with E-state index in [2.05, 4.69) is 14.1 Å². The molecular formula is C78H42N4O4+2. The van der Waals surface area contributed by atoms with Gasteiger partial charge in [0, 0.05) is 13.1 Å². The van der Waals surface area contributed by atoms with Crippen molar-refractivity contribution >= 4 is 259 Å². The maximum Gasteiger partial charge on any atom is 0.102 e. The average Bonchev–Trinajstić information content (AvgIpc) is 1.38. The molecule has 2 aliphatic heterocycles. The number of likely N-dealkylation sites (tertiary alicyclic amines) is 2. The Hall–Kier alpha value is -7.60. The molecule has 4 spiro atoms. The van der Waals surface area contributed by atoms with Crippen LogP contribution in [0.4, 0.5) is 0 Å². The topological polar surface area (TPSA) is 89.0 Å². The van der Waals surface area contributed by atoms with Gasteiger partial charge in [0.2, 0.25) is 0 Å². The van der Waals surface area contributed by atoms with Crippen LogP contribution in [0.5, 0.6) is 0 Å². The van der Waals surface area contributed by atoms with E-state index in [0.29, 0.717) is 52.7 Å². The molecule has 4 N–H and O–H groups in total. The zero-order chi connectivity index (χ0) is 53.5.